The summed E-state index contributed by atoms with van der Waals surface area (Å²) in [4.78, 5) is 29.2. The van der Waals surface area contributed by atoms with Crippen LogP contribution in [0.5, 0.6) is 0 Å². The van der Waals surface area contributed by atoms with Crippen LogP contribution in [0.1, 0.15) is 41.0 Å². The molecule has 0 bridgehead atoms. The number of carbonyl (C=O) groups excluding carboxylic acids is 2. The van der Waals surface area contributed by atoms with Crippen molar-refractivity contribution < 1.29 is 18.4 Å². The Balaban J connectivity index is 1.36. The van der Waals surface area contributed by atoms with Crippen molar-refractivity contribution in [1.82, 2.24) is 9.80 Å². The molecule has 0 aromatic heterocycles. The fraction of sp³-hybridized carbons (Fsp3) is 0.355. The van der Waals surface area contributed by atoms with E-state index < -0.39 is 11.9 Å². The lowest BCUT2D eigenvalue weighted by Gasteiger charge is -2.39. The number of hydrogen-bond donors (Lipinski definition) is 3. The average Bonchev–Trinajstić information content (AvgIpc) is 2.90. The highest BCUT2D eigenvalue weighted by Gasteiger charge is 2.31. The third kappa shape index (κ3) is 7.43. The number of aryl methyl sites for hydroxylation is 2. The summed E-state index contributed by atoms with van der Waals surface area (Å²) in [6.07, 6.45) is 1.48. The zero-order valence-electron chi connectivity index (χ0n) is 23.0. The van der Waals surface area contributed by atoms with E-state index in [9.17, 15) is 18.4 Å². The van der Waals surface area contributed by atoms with E-state index in [2.05, 4.69) is 10.2 Å². The van der Waals surface area contributed by atoms with Crippen LogP contribution < -0.4 is 16.8 Å². The molecule has 1 heterocycles. The number of rotatable bonds is 10. The van der Waals surface area contributed by atoms with Crippen molar-refractivity contribution in [1.29, 1.82) is 0 Å². The lowest BCUT2D eigenvalue weighted by Crippen LogP contribution is -2.59. The molecule has 7 nitrogen and oxygen atoms in total. The van der Waals surface area contributed by atoms with Gasteiger partial charge in [0.2, 0.25) is 11.8 Å². The Morgan fingerprint density at radius 1 is 0.950 bits per heavy atom. The van der Waals surface area contributed by atoms with E-state index in [1.54, 1.807) is 24.3 Å². The Bertz CT molecular complexity index is 1260. The summed E-state index contributed by atoms with van der Waals surface area (Å²) in [5, 5.41) is 2.98. The quantitative estimate of drug-likeness (QED) is 0.329. The summed E-state index contributed by atoms with van der Waals surface area (Å²) in [6.45, 7) is 6.17. The van der Waals surface area contributed by atoms with Crippen molar-refractivity contribution in [2.24, 2.45) is 5.73 Å². The zero-order chi connectivity index (χ0) is 28.8. The maximum atomic E-state index is 13.6. The molecule has 2 amide bonds. The molecule has 1 saturated heterocycles. The maximum absolute atomic E-state index is 13.6. The molecule has 0 saturated carbocycles. The number of nitrogen functional groups attached to an aromatic ring is 1. The highest BCUT2D eigenvalue weighted by molar-refractivity contribution is 5.94. The SMILES string of the molecule is Cc1cc(N)cc(C)c1NC(=O)CN1CCN(CCCC(c2ccc(F)cc2)c2ccc(F)cc2)C(C(N)=O)C1. The largest absolute Gasteiger partial charge is 0.399 e. The van der Waals surface area contributed by atoms with Crippen LogP contribution in [0.25, 0.3) is 0 Å². The van der Waals surface area contributed by atoms with Crippen LogP contribution in [0.15, 0.2) is 60.7 Å². The summed E-state index contributed by atoms with van der Waals surface area (Å²) >= 11 is 0. The number of nitrogens with one attached hydrogen (secondary N) is 1. The highest BCUT2D eigenvalue weighted by atomic mass is 19.1. The second-order valence-corrected chi connectivity index (χ2v) is 10.6. The molecule has 0 aliphatic carbocycles. The molecule has 0 radical (unpaired) electrons. The first-order valence-corrected chi connectivity index (χ1v) is 13.5. The number of nitrogens with zero attached hydrogens (tertiary/aromatic N) is 2. The molecule has 212 valence electrons. The molecule has 1 aliphatic rings. The van der Waals surface area contributed by atoms with Gasteiger partial charge in [0.15, 0.2) is 0 Å². The van der Waals surface area contributed by atoms with Crippen molar-refractivity contribution >= 4 is 23.2 Å². The molecule has 3 aromatic rings. The zero-order valence-corrected chi connectivity index (χ0v) is 23.0. The molecular weight excluding hydrogens is 512 g/mol. The molecule has 5 N–H and O–H groups in total. The van der Waals surface area contributed by atoms with E-state index in [-0.39, 0.29) is 30.0 Å². The molecule has 40 heavy (non-hydrogen) atoms. The minimum atomic E-state index is -0.517. The molecule has 9 heteroatoms. The third-order valence-electron chi connectivity index (χ3n) is 7.57. The van der Waals surface area contributed by atoms with Crippen LogP contribution in [-0.4, -0.2) is 60.4 Å². The van der Waals surface area contributed by atoms with E-state index >= 15 is 0 Å². The Morgan fingerprint density at radius 3 is 2.02 bits per heavy atom. The summed E-state index contributed by atoms with van der Waals surface area (Å²) in [5.41, 5.74) is 16.7. The van der Waals surface area contributed by atoms with Crippen LogP contribution >= 0.6 is 0 Å². The summed E-state index contributed by atoms with van der Waals surface area (Å²) in [6, 6.07) is 15.9. The van der Waals surface area contributed by atoms with Gasteiger partial charge in [-0.2, -0.15) is 0 Å². The molecular formula is C31H37F2N5O2. The number of hydrogen-bond acceptors (Lipinski definition) is 5. The number of primary amides is 1. The first-order chi connectivity index (χ1) is 19.1. The van der Waals surface area contributed by atoms with Crippen molar-refractivity contribution in [3.63, 3.8) is 0 Å². The summed E-state index contributed by atoms with van der Waals surface area (Å²) in [5.74, 6) is -1.25. The van der Waals surface area contributed by atoms with E-state index in [1.807, 2.05) is 30.9 Å². The smallest absolute Gasteiger partial charge is 0.238 e. The molecule has 1 atom stereocenters. The van der Waals surface area contributed by atoms with E-state index in [1.165, 1.54) is 24.3 Å². The topological polar surface area (TPSA) is 105 Å². The van der Waals surface area contributed by atoms with Crippen LogP contribution in [0.4, 0.5) is 20.2 Å². The van der Waals surface area contributed by atoms with Crippen LogP contribution in [0, 0.1) is 25.5 Å². The second-order valence-electron chi connectivity index (χ2n) is 10.6. The molecule has 1 unspecified atom stereocenters. The van der Waals surface area contributed by atoms with Crippen molar-refractivity contribution in [2.75, 3.05) is 43.8 Å². The molecule has 4 rings (SSSR count). The third-order valence-corrected chi connectivity index (χ3v) is 7.57. The van der Waals surface area contributed by atoms with Crippen LogP contribution in [0.2, 0.25) is 0 Å². The minimum absolute atomic E-state index is 0.0431. The van der Waals surface area contributed by atoms with Gasteiger partial charge in [-0.25, -0.2) is 8.78 Å². The lowest BCUT2D eigenvalue weighted by molar-refractivity contribution is -0.127. The van der Waals surface area contributed by atoms with Gasteiger partial charge in [0.05, 0.1) is 6.54 Å². The predicted molar refractivity (Wildman–Crippen MR) is 154 cm³/mol. The summed E-state index contributed by atoms with van der Waals surface area (Å²) < 4.78 is 27.1. The van der Waals surface area contributed by atoms with Crippen molar-refractivity contribution in [3.05, 3.63) is 94.6 Å². The van der Waals surface area contributed by atoms with Gasteiger partial charge in [-0.15, -0.1) is 0 Å². The van der Waals surface area contributed by atoms with Crippen LogP contribution in [0.3, 0.4) is 0 Å². The fourth-order valence-electron chi connectivity index (χ4n) is 5.55. The van der Waals surface area contributed by atoms with Gasteiger partial charge in [-0.3, -0.25) is 19.4 Å². The first kappa shape index (κ1) is 29.2. The Hall–Kier alpha value is -3.82. The number of piperazine rings is 1. The van der Waals surface area contributed by atoms with E-state index in [4.69, 9.17) is 11.5 Å². The van der Waals surface area contributed by atoms with Gasteiger partial charge in [0.25, 0.3) is 0 Å². The summed E-state index contributed by atoms with van der Waals surface area (Å²) in [7, 11) is 0. The second kappa shape index (κ2) is 13.0. The first-order valence-electron chi connectivity index (χ1n) is 13.5. The van der Waals surface area contributed by atoms with Gasteiger partial charge in [-0.1, -0.05) is 24.3 Å². The highest BCUT2D eigenvalue weighted by Crippen LogP contribution is 2.30. The van der Waals surface area contributed by atoms with Gasteiger partial charge < -0.3 is 16.8 Å². The lowest BCUT2D eigenvalue weighted by atomic mass is 9.87. The molecule has 1 fully saturated rings. The van der Waals surface area contributed by atoms with Gasteiger partial charge in [0, 0.05) is 36.9 Å². The molecule has 3 aromatic carbocycles. The number of benzene rings is 3. The Morgan fingerprint density at radius 2 is 1.50 bits per heavy atom. The maximum Gasteiger partial charge on any atom is 0.238 e. The predicted octanol–water partition coefficient (Wildman–Crippen LogP) is 4.19. The fourth-order valence-corrected chi connectivity index (χ4v) is 5.55. The monoisotopic (exact) mass is 549 g/mol. The normalized spacial score (nSPS) is 16.3. The standard InChI is InChI=1S/C31H37F2N5O2/c1-20-16-26(34)17-21(2)30(20)36-29(39)19-37-14-15-38(28(18-37)31(35)40)13-3-4-27(22-5-9-24(32)10-6-22)23-7-11-25(33)12-8-23/h5-12,16-17,27-28H,3-4,13-15,18-19,34H2,1-2H3,(H2,35,40)(H,36,39). The van der Waals surface area contributed by atoms with Gasteiger partial charge >= 0.3 is 0 Å². The average molecular weight is 550 g/mol. The number of halogens is 2. The van der Waals surface area contributed by atoms with E-state index in [0.717, 1.165) is 40.8 Å². The van der Waals surface area contributed by atoms with Gasteiger partial charge in [0.1, 0.15) is 17.7 Å². The molecule has 0 spiro atoms. The minimum Gasteiger partial charge on any atom is -0.399 e. The molecule has 1 aliphatic heterocycles. The van der Waals surface area contributed by atoms with E-state index in [0.29, 0.717) is 31.9 Å². The Labute approximate surface area is 234 Å². The van der Waals surface area contributed by atoms with Crippen LogP contribution in [-0.2, 0) is 9.59 Å². The number of amides is 2. The Kier molecular flexibility index (Phi) is 9.50. The van der Waals surface area contributed by atoms with Gasteiger partial charge in [-0.05, 0) is 91.9 Å². The number of nitrogens with two attached hydrogens (primary N) is 2. The van der Waals surface area contributed by atoms with Crippen molar-refractivity contribution in [2.45, 2.75) is 38.6 Å². The van der Waals surface area contributed by atoms with Crippen molar-refractivity contribution in [3.8, 4) is 0 Å². The number of carbonyl (C=O) groups is 2. The number of anilines is 2.